The quantitative estimate of drug-likeness (QED) is 0.825. The van der Waals surface area contributed by atoms with E-state index in [4.69, 9.17) is 0 Å². The molecule has 1 N–H and O–H groups in total. The average Bonchev–Trinajstić information content (AvgIpc) is 2.92. The summed E-state index contributed by atoms with van der Waals surface area (Å²) in [6.45, 7) is 7.72. The number of nitrogens with zero attached hydrogens (tertiary/aromatic N) is 1. The monoisotopic (exact) mass is 250 g/mol. The molecule has 1 aliphatic heterocycles. The Labute approximate surface area is 113 Å². The highest BCUT2D eigenvalue weighted by atomic mass is 15.2. The lowest BCUT2D eigenvalue weighted by molar-refractivity contribution is 0.255. The first kappa shape index (κ1) is 12.9. The molecule has 0 aromatic rings. The Morgan fingerprint density at radius 1 is 0.944 bits per heavy atom. The third-order valence-corrected chi connectivity index (χ3v) is 5.75. The van der Waals surface area contributed by atoms with Crippen LogP contribution in [0.3, 0.4) is 0 Å². The molecule has 0 radical (unpaired) electrons. The summed E-state index contributed by atoms with van der Waals surface area (Å²) in [6.07, 6.45) is 10.3. The van der Waals surface area contributed by atoms with Crippen molar-refractivity contribution in [3.8, 4) is 0 Å². The second-order valence-corrected chi connectivity index (χ2v) is 7.03. The first-order valence-corrected chi connectivity index (χ1v) is 8.28. The van der Waals surface area contributed by atoms with Crippen LogP contribution < -0.4 is 5.32 Å². The minimum atomic E-state index is 0.806. The van der Waals surface area contributed by atoms with Crippen LogP contribution in [-0.4, -0.2) is 37.1 Å². The fourth-order valence-corrected chi connectivity index (χ4v) is 4.54. The first-order valence-electron chi connectivity index (χ1n) is 8.28. The van der Waals surface area contributed by atoms with Crippen LogP contribution in [0.2, 0.25) is 0 Å². The van der Waals surface area contributed by atoms with Crippen LogP contribution >= 0.6 is 0 Å². The lowest BCUT2D eigenvalue weighted by Crippen LogP contribution is -2.41. The average molecular weight is 250 g/mol. The second kappa shape index (κ2) is 5.92. The molecule has 0 amide bonds. The van der Waals surface area contributed by atoms with Crippen LogP contribution in [0, 0.1) is 17.8 Å². The molecule has 1 heterocycles. The van der Waals surface area contributed by atoms with Crippen molar-refractivity contribution < 1.29 is 0 Å². The topological polar surface area (TPSA) is 15.3 Å². The highest BCUT2D eigenvalue weighted by Gasteiger charge is 2.35. The van der Waals surface area contributed by atoms with Crippen LogP contribution in [0.1, 0.15) is 51.9 Å². The van der Waals surface area contributed by atoms with Crippen molar-refractivity contribution in [3.63, 3.8) is 0 Å². The van der Waals surface area contributed by atoms with Gasteiger partial charge in [0.1, 0.15) is 0 Å². The van der Waals surface area contributed by atoms with Gasteiger partial charge < -0.3 is 10.2 Å². The molecule has 3 fully saturated rings. The first-order chi connectivity index (χ1) is 8.83. The van der Waals surface area contributed by atoms with Gasteiger partial charge in [-0.1, -0.05) is 26.2 Å². The number of rotatable bonds is 4. The van der Waals surface area contributed by atoms with E-state index >= 15 is 0 Å². The van der Waals surface area contributed by atoms with Crippen LogP contribution in [-0.2, 0) is 0 Å². The number of hydrogen-bond donors (Lipinski definition) is 1. The minimum absolute atomic E-state index is 0.806. The van der Waals surface area contributed by atoms with Gasteiger partial charge >= 0.3 is 0 Å². The van der Waals surface area contributed by atoms with Gasteiger partial charge in [0.05, 0.1) is 0 Å². The fraction of sp³-hybridized carbons (Fsp3) is 1.00. The molecule has 2 aliphatic carbocycles. The maximum atomic E-state index is 3.82. The highest BCUT2D eigenvalue weighted by molar-refractivity contribution is 4.88. The predicted molar refractivity (Wildman–Crippen MR) is 76.7 cm³/mol. The molecule has 0 bridgehead atoms. The standard InChI is InChI=1S/C16H30N2/c1-13-5-2-3-8-16(13)17-9-10-18-11-14-6-4-7-15(14)12-18/h13-17H,2-12H2,1H3. The van der Waals surface area contributed by atoms with Crippen molar-refractivity contribution in [2.45, 2.75) is 57.9 Å². The molecule has 104 valence electrons. The molecule has 18 heavy (non-hydrogen) atoms. The van der Waals surface area contributed by atoms with Crippen molar-refractivity contribution in [1.82, 2.24) is 10.2 Å². The van der Waals surface area contributed by atoms with E-state index in [-0.39, 0.29) is 0 Å². The predicted octanol–water partition coefficient (Wildman–Crippen LogP) is 2.89. The van der Waals surface area contributed by atoms with E-state index in [1.54, 1.807) is 0 Å². The van der Waals surface area contributed by atoms with Gasteiger partial charge in [-0.25, -0.2) is 0 Å². The molecule has 0 aromatic heterocycles. The van der Waals surface area contributed by atoms with E-state index in [1.165, 1.54) is 71.1 Å². The third-order valence-electron chi connectivity index (χ3n) is 5.75. The zero-order valence-electron chi connectivity index (χ0n) is 12.0. The fourth-order valence-electron chi connectivity index (χ4n) is 4.54. The third kappa shape index (κ3) is 2.91. The maximum absolute atomic E-state index is 3.82. The van der Waals surface area contributed by atoms with Crippen molar-refractivity contribution in [1.29, 1.82) is 0 Å². The summed E-state index contributed by atoms with van der Waals surface area (Å²) >= 11 is 0. The summed E-state index contributed by atoms with van der Waals surface area (Å²) < 4.78 is 0. The zero-order valence-corrected chi connectivity index (χ0v) is 12.0. The molecule has 2 saturated carbocycles. The van der Waals surface area contributed by atoms with E-state index < -0.39 is 0 Å². The summed E-state index contributed by atoms with van der Waals surface area (Å²) in [5.41, 5.74) is 0. The van der Waals surface area contributed by atoms with E-state index in [1.807, 2.05) is 0 Å². The van der Waals surface area contributed by atoms with Gasteiger partial charge in [-0.2, -0.15) is 0 Å². The number of fused-ring (bicyclic) bond motifs is 1. The van der Waals surface area contributed by atoms with E-state index in [2.05, 4.69) is 17.1 Å². The van der Waals surface area contributed by atoms with Crippen molar-refractivity contribution in [3.05, 3.63) is 0 Å². The van der Waals surface area contributed by atoms with E-state index in [9.17, 15) is 0 Å². The molecule has 0 spiro atoms. The summed E-state index contributed by atoms with van der Waals surface area (Å²) in [5, 5.41) is 3.82. The van der Waals surface area contributed by atoms with E-state index in [0.717, 1.165) is 23.8 Å². The molecule has 3 rings (SSSR count). The molecule has 3 aliphatic rings. The maximum Gasteiger partial charge on any atom is 0.0107 e. The molecule has 2 nitrogen and oxygen atoms in total. The van der Waals surface area contributed by atoms with Crippen molar-refractivity contribution in [2.75, 3.05) is 26.2 Å². The van der Waals surface area contributed by atoms with Gasteiger partial charge in [-0.15, -0.1) is 0 Å². The number of likely N-dealkylation sites (tertiary alicyclic amines) is 1. The Bertz CT molecular complexity index is 254. The SMILES string of the molecule is CC1CCCCC1NCCN1CC2CCCC2C1. The van der Waals surface area contributed by atoms with Crippen LogP contribution in [0.5, 0.6) is 0 Å². The Morgan fingerprint density at radius 2 is 1.67 bits per heavy atom. The summed E-state index contributed by atoms with van der Waals surface area (Å²) in [4.78, 5) is 2.72. The minimum Gasteiger partial charge on any atom is -0.312 e. The van der Waals surface area contributed by atoms with Crippen LogP contribution in [0.4, 0.5) is 0 Å². The Kier molecular flexibility index (Phi) is 4.25. The van der Waals surface area contributed by atoms with Crippen molar-refractivity contribution >= 4 is 0 Å². The van der Waals surface area contributed by atoms with Gasteiger partial charge in [-0.3, -0.25) is 0 Å². The Balaban J connectivity index is 1.35. The largest absolute Gasteiger partial charge is 0.312 e. The normalized spacial score (nSPS) is 41.2. The molecule has 1 saturated heterocycles. The van der Waals surface area contributed by atoms with Gasteiger partial charge in [-0.05, 0) is 43.4 Å². The van der Waals surface area contributed by atoms with Crippen LogP contribution in [0.15, 0.2) is 0 Å². The van der Waals surface area contributed by atoms with E-state index in [0.29, 0.717) is 0 Å². The lowest BCUT2D eigenvalue weighted by Gasteiger charge is -2.30. The summed E-state index contributed by atoms with van der Waals surface area (Å²) in [5.74, 6) is 3.01. The molecule has 4 atom stereocenters. The van der Waals surface area contributed by atoms with Gasteiger partial charge in [0.25, 0.3) is 0 Å². The Morgan fingerprint density at radius 3 is 2.39 bits per heavy atom. The number of nitrogens with one attached hydrogen (secondary N) is 1. The molecule has 4 unspecified atom stereocenters. The summed E-state index contributed by atoms with van der Waals surface area (Å²) in [6, 6.07) is 0.806. The Hall–Kier alpha value is -0.0800. The molecule has 2 heteroatoms. The number of hydrogen-bond acceptors (Lipinski definition) is 2. The molecular weight excluding hydrogens is 220 g/mol. The summed E-state index contributed by atoms with van der Waals surface area (Å²) in [7, 11) is 0. The highest BCUT2D eigenvalue weighted by Crippen LogP contribution is 2.37. The van der Waals surface area contributed by atoms with Crippen molar-refractivity contribution in [2.24, 2.45) is 17.8 Å². The smallest absolute Gasteiger partial charge is 0.0107 e. The molecule has 0 aromatic carbocycles. The zero-order chi connectivity index (χ0) is 12.4. The van der Waals surface area contributed by atoms with Gasteiger partial charge in [0.2, 0.25) is 0 Å². The van der Waals surface area contributed by atoms with Crippen LogP contribution in [0.25, 0.3) is 0 Å². The van der Waals surface area contributed by atoms with Gasteiger partial charge in [0, 0.05) is 32.2 Å². The second-order valence-electron chi connectivity index (χ2n) is 7.03. The molecular formula is C16H30N2. The lowest BCUT2D eigenvalue weighted by atomic mass is 9.86. The van der Waals surface area contributed by atoms with Gasteiger partial charge in [0.15, 0.2) is 0 Å².